The van der Waals surface area contributed by atoms with E-state index in [1.807, 2.05) is 49.4 Å². The van der Waals surface area contributed by atoms with Crippen molar-refractivity contribution in [2.24, 2.45) is 0 Å². The maximum absolute atomic E-state index is 13.7. The number of pyridine rings is 1. The van der Waals surface area contributed by atoms with E-state index < -0.39 is 0 Å². The number of aromatic nitrogens is 1. The highest BCUT2D eigenvalue weighted by Gasteiger charge is 2.08. The molecule has 0 saturated carbocycles. The quantitative estimate of drug-likeness (QED) is 0.672. The van der Waals surface area contributed by atoms with Crippen molar-refractivity contribution in [2.45, 2.75) is 6.92 Å². The summed E-state index contributed by atoms with van der Waals surface area (Å²) in [4.78, 5) is 4.27. The van der Waals surface area contributed by atoms with E-state index in [0.29, 0.717) is 17.1 Å². The molecule has 3 rings (SSSR count). The first kappa shape index (κ1) is 11.7. The molecule has 0 fully saturated rings. The molecule has 2 nitrogen and oxygen atoms in total. The minimum atomic E-state index is -0.338. The zero-order valence-electron chi connectivity index (χ0n) is 10.4. The third-order valence-corrected chi connectivity index (χ3v) is 2.90. The standard InChI is InChI=1S/C16H12FNO/c1-11-10-12-6-5-9-14(17)15(12)18-16(11)19-13-7-3-2-4-8-13/h2-10H,1H3. The Balaban J connectivity index is 2.09. The van der Waals surface area contributed by atoms with Gasteiger partial charge in [-0.15, -0.1) is 0 Å². The Morgan fingerprint density at radius 2 is 1.79 bits per heavy atom. The first-order valence-electron chi connectivity index (χ1n) is 6.03. The van der Waals surface area contributed by atoms with Crippen LogP contribution in [-0.2, 0) is 0 Å². The van der Waals surface area contributed by atoms with Crippen LogP contribution in [0, 0.1) is 12.7 Å². The Morgan fingerprint density at radius 3 is 2.58 bits per heavy atom. The first-order chi connectivity index (χ1) is 9.24. The molecule has 94 valence electrons. The van der Waals surface area contributed by atoms with Gasteiger partial charge in [0.25, 0.3) is 0 Å². The molecule has 0 amide bonds. The van der Waals surface area contributed by atoms with Crippen LogP contribution in [0.1, 0.15) is 5.56 Å². The molecule has 0 spiro atoms. The molecule has 0 bridgehead atoms. The van der Waals surface area contributed by atoms with Crippen LogP contribution in [0.15, 0.2) is 54.6 Å². The number of hydrogen-bond donors (Lipinski definition) is 0. The third-order valence-electron chi connectivity index (χ3n) is 2.90. The van der Waals surface area contributed by atoms with Crippen LogP contribution in [0.3, 0.4) is 0 Å². The Morgan fingerprint density at radius 1 is 1.00 bits per heavy atom. The van der Waals surface area contributed by atoms with Gasteiger partial charge >= 0.3 is 0 Å². The minimum absolute atomic E-state index is 0.332. The molecule has 1 aromatic heterocycles. The van der Waals surface area contributed by atoms with Gasteiger partial charge in [0.2, 0.25) is 5.88 Å². The maximum atomic E-state index is 13.7. The van der Waals surface area contributed by atoms with Gasteiger partial charge < -0.3 is 4.74 Å². The molecule has 0 aliphatic rings. The lowest BCUT2D eigenvalue weighted by molar-refractivity contribution is 0.460. The van der Waals surface area contributed by atoms with Crippen LogP contribution >= 0.6 is 0 Å². The second-order valence-corrected chi connectivity index (χ2v) is 4.34. The summed E-state index contributed by atoms with van der Waals surface area (Å²) in [5, 5.41) is 0.776. The van der Waals surface area contributed by atoms with Gasteiger partial charge in [0.15, 0.2) is 0 Å². The number of benzene rings is 2. The zero-order valence-corrected chi connectivity index (χ0v) is 10.4. The third kappa shape index (κ3) is 2.27. The molecule has 0 unspecified atom stereocenters. The van der Waals surface area contributed by atoms with Crippen molar-refractivity contribution in [1.82, 2.24) is 4.98 Å². The van der Waals surface area contributed by atoms with Gasteiger partial charge in [-0.05, 0) is 31.2 Å². The summed E-state index contributed by atoms with van der Waals surface area (Å²) >= 11 is 0. The van der Waals surface area contributed by atoms with Crippen molar-refractivity contribution in [3.63, 3.8) is 0 Å². The van der Waals surface area contributed by atoms with Gasteiger partial charge in [0.05, 0.1) is 0 Å². The van der Waals surface area contributed by atoms with E-state index in [4.69, 9.17) is 4.74 Å². The Labute approximate surface area is 110 Å². The van der Waals surface area contributed by atoms with Crippen LogP contribution in [0.2, 0.25) is 0 Å². The number of rotatable bonds is 2. The van der Waals surface area contributed by atoms with Crippen LogP contribution in [0.5, 0.6) is 11.6 Å². The molecule has 19 heavy (non-hydrogen) atoms. The molecule has 3 aromatic rings. The number of para-hydroxylation sites is 2. The normalized spacial score (nSPS) is 10.6. The van der Waals surface area contributed by atoms with E-state index in [1.54, 1.807) is 6.07 Å². The fourth-order valence-electron chi connectivity index (χ4n) is 1.95. The lowest BCUT2D eigenvalue weighted by Crippen LogP contribution is -1.93. The summed E-state index contributed by atoms with van der Waals surface area (Å²) in [6.45, 7) is 1.90. The lowest BCUT2D eigenvalue weighted by Gasteiger charge is -2.09. The molecule has 2 aromatic carbocycles. The highest BCUT2D eigenvalue weighted by atomic mass is 19.1. The van der Waals surface area contributed by atoms with E-state index in [9.17, 15) is 4.39 Å². The average Bonchev–Trinajstić information content (AvgIpc) is 2.42. The summed E-state index contributed by atoms with van der Waals surface area (Å²) in [6, 6.07) is 16.1. The molecule has 0 aliphatic heterocycles. The highest BCUT2D eigenvalue weighted by Crippen LogP contribution is 2.27. The second kappa shape index (κ2) is 4.69. The number of ether oxygens (including phenoxy) is 1. The maximum Gasteiger partial charge on any atom is 0.222 e. The Hall–Kier alpha value is -2.42. The highest BCUT2D eigenvalue weighted by molar-refractivity contribution is 5.80. The molecule has 0 atom stereocenters. The number of hydrogen-bond acceptors (Lipinski definition) is 2. The lowest BCUT2D eigenvalue weighted by atomic mass is 10.1. The number of aryl methyl sites for hydroxylation is 1. The van der Waals surface area contributed by atoms with Crippen molar-refractivity contribution in [1.29, 1.82) is 0 Å². The molecular formula is C16H12FNO. The first-order valence-corrected chi connectivity index (χ1v) is 6.03. The Kier molecular flexibility index (Phi) is 2.88. The second-order valence-electron chi connectivity index (χ2n) is 4.34. The number of halogens is 1. The smallest absolute Gasteiger partial charge is 0.222 e. The average molecular weight is 253 g/mol. The summed E-state index contributed by atoms with van der Waals surface area (Å²) in [5.74, 6) is 0.785. The van der Waals surface area contributed by atoms with E-state index >= 15 is 0 Å². The monoisotopic (exact) mass is 253 g/mol. The molecule has 0 saturated heterocycles. The SMILES string of the molecule is Cc1cc2cccc(F)c2nc1Oc1ccccc1. The molecule has 0 N–H and O–H groups in total. The van der Waals surface area contributed by atoms with Gasteiger partial charge in [-0.2, -0.15) is 0 Å². The zero-order chi connectivity index (χ0) is 13.2. The van der Waals surface area contributed by atoms with E-state index in [0.717, 1.165) is 10.9 Å². The van der Waals surface area contributed by atoms with Crippen molar-refractivity contribution >= 4 is 10.9 Å². The molecule has 0 radical (unpaired) electrons. The van der Waals surface area contributed by atoms with Crippen molar-refractivity contribution in [2.75, 3.05) is 0 Å². The molecule has 3 heteroatoms. The van der Waals surface area contributed by atoms with Gasteiger partial charge in [-0.3, -0.25) is 0 Å². The van der Waals surface area contributed by atoms with Crippen molar-refractivity contribution in [3.8, 4) is 11.6 Å². The van der Waals surface area contributed by atoms with E-state index in [1.165, 1.54) is 6.07 Å². The summed E-state index contributed by atoms with van der Waals surface area (Å²) in [7, 11) is 0. The van der Waals surface area contributed by atoms with Gasteiger partial charge in [-0.1, -0.05) is 30.3 Å². The van der Waals surface area contributed by atoms with E-state index in [2.05, 4.69) is 4.98 Å². The van der Waals surface area contributed by atoms with Crippen LogP contribution in [0.4, 0.5) is 4.39 Å². The van der Waals surface area contributed by atoms with Crippen LogP contribution in [-0.4, -0.2) is 4.98 Å². The minimum Gasteiger partial charge on any atom is -0.439 e. The summed E-state index contributed by atoms with van der Waals surface area (Å²) in [5.41, 5.74) is 1.21. The topological polar surface area (TPSA) is 22.1 Å². The fraction of sp³-hybridized carbons (Fsp3) is 0.0625. The van der Waals surface area contributed by atoms with Gasteiger partial charge in [-0.25, -0.2) is 9.37 Å². The van der Waals surface area contributed by atoms with Crippen molar-refractivity contribution in [3.05, 3.63) is 66.0 Å². The molecule has 0 aliphatic carbocycles. The predicted molar refractivity (Wildman–Crippen MR) is 73.0 cm³/mol. The summed E-state index contributed by atoms with van der Waals surface area (Å²) < 4.78 is 19.4. The number of fused-ring (bicyclic) bond motifs is 1. The van der Waals surface area contributed by atoms with Crippen molar-refractivity contribution < 1.29 is 9.13 Å². The Bertz CT molecular complexity index is 725. The van der Waals surface area contributed by atoms with Gasteiger partial charge in [0.1, 0.15) is 17.1 Å². The van der Waals surface area contributed by atoms with E-state index in [-0.39, 0.29) is 5.82 Å². The van der Waals surface area contributed by atoms with Crippen LogP contribution in [0.25, 0.3) is 10.9 Å². The molecular weight excluding hydrogens is 241 g/mol. The largest absolute Gasteiger partial charge is 0.439 e. The predicted octanol–water partition coefficient (Wildman–Crippen LogP) is 4.47. The molecule has 1 heterocycles. The van der Waals surface area contributed by atoms with Crippen LogP contribution < -0.4 is 4.74 Å². The fourth-order valence-corrected chi connectivity index (χ4v) is 1.95. The number of nitrogens with zero attached hydrogens (tertiary/aromatic N) is 1. The summed E-state index contributed by atoms with van der Waals surface area (Å²) in [6.07, 6.45) is 0. The van der Waals surface area contributed by atoms with Gasteiger partial charge in [0, 0.05) is 10.9 Å².